The standard InChI is InChI=1S/C25H34N2O3/c1-5-19-8-10-20(11-9-19)14-17-24(28)27(23(6-2)25(29)26-7-3)18-21-12-15-22(30-4)16-13-21/h8-13,15-16,23H,5-7,14,17-18H2,1-4H3,(H,26,29)/t23-/m1/s1. The summed E-state index contributed by atoms with van der Waals surface area (Å²) in [5, 5.41) is 2.87. The number of carbonyl (C=O) groups excluding carboxylic acids is 2. The van der Waals surface area contributed by atoms with Gasteiger partial charge in [-0.15, -0.1) is 0 Å². The molecule has 162 valence electrons. The Morgan fingerprint density at radius 3 is 2.07 bits per heavy atom. The minimum atomic E-state index is -0.484. The number of likely N-dealkylation sites (N-methyl/N-ethyl adjacent to an activating group) is 1. The molecule has 0 heterocycles. The Morgan fingerprint density at radius 1 is 0.933 bits per heavy atom. The van der Waals surface area contributed by atoms with E-state index >= 15 is 0 Å². The molecular formula is C25H34N2O3. The van der Waals surface area contributed by atoms with Crippen LogP contribution in [-0.4, -0.2) is 36.4 Å². The summed E-state index contributed by atoms with van der Waals surface area (Å²) in [5.74, 6) is 0.653. The largest absolute Gasteiger partial charge is 0.497 e. The zero-order valence-corrected chi connectivity index (χ0v) is 18.6. The molecule has 2 aromatic carbocycles. The summed E-state index contributed by atoms with van der Waals surface area (Å²) in [5.41, 5.74) is 3.39. The molecule has 5 heteroatoms. The fraction of sp³-hybridized carbons (Fsp3) is 0.440. The third-order valence-electron chi connectivity index (χ3n) is 5.31. The van der Waals surface area contributed by atoms with Crippen molar-refractivity contribution in [2.45, 2.75) is 59.0 Å². The Labute approximate surface area is 180 Å². The fourth-order valence-electron chi connectivity index (χ4n) is 3.48. The van der Waals surface area contributed by atoms with E-state index in [1.165, 1.54) is 5.56 Å². The molecule has 0 aliphatic carbocycles. The topological polar surface area (TPSA) is 58.6 Å². The third kappa shape index (κ3) is 6.61. The van der Waals surface area contributed by atoms with Gasteiger partial charge in [-0.2, -0.15) is 0 Å². The average molecular weight is 411 g/mol. The number of methoxy groups -OCH3 is 1. The van der Waals surface area contributed by atoms with E-state index in [1.54, 1.807) is 12.0 Å². The van der Waals surface area contributed by atoms with E-state index in [9.17, 15) is 9.59 Å². The first-order valence-corrected chi connectivity index (χ1v) is 10.8. The van der Waals surface area contributed by atoms with Crippen molar-refractivity contribution in [3.8, 4) is 5.75 Å². The number of hydrogen-bond acceptors (Lipinski definition) is 3. The third-order valence-corrected chi connectivity index (χ3v) is 5.31. The average Bonchev–Trinajstić information content (AvgIpc) is 2.78. The molecule has 2 rings (SSSR count). The highest BCUT2D eigenvalue weighted by molar-refractivity contribution is 5.87. The monoisotopic (exact) mass is 410 g/mol. The summed E-state index contributed by atoms with van der Waals surface area (Å²) in [6.45, 7) is 6.90. The molecule has 0 aromatic heterocycles. The molecule has 1 N–H and O–H groups in total. The number of hydrogen-bond donors (Lipinski definition) is 1. The molecule has 0 aliphatic rings. The Hall–Kier alpha value is -2.82. The number of nitrogens with zero attached hydrogens (tertiary/aromatic N) is 1. The van der Waals surface area contributed by atoms with E-state index in [-0.39, 0.29) is 11.8 Å². The van der Waals surface area contributed by atoms with Crippen LogP contribution in [0.1, 0.15) is 50.3 Å². The number of carbonyl (C=O) groups is 2. The summed E-state index contributed by atoms with van der Waals surface area (Å²) in [7, 11) is 1.63. The van der Waals surface area contributed by atoms with Crippen molar-refractivity contribution in [3.63, 3.8) is 0 Å². The lowest BCUT2D eigenvalue weighted by Gasteiger charge is -2.30. The van der Waals surface area contributed by atoms with Gasteiger partial charge in [0.1, 0.15) is 11.8 Å². The second kappa shape index (κ2) is 12.0. The van der Waals surface area contributed by atoms with Crippen LogP contribution in [-0.2, 0) is 29.0 Å². The Kier molecular flexibility index (Phi) is 9.39. The van der Waals surface area contributed by atoms with Gasteiger partial charge < -0.3 is 15.0 Å². The van der Waals surface area contributed by atoms with Gasteiger partial charge in [-0.3, -0.25) is 9.59 Å². The van der Waals surface area contributed by atoms with Gasteiger partial charge in [0.2, 0.25) is 11.8 Å². The molecule has 0 radical (unpaired) electrons. The van der Waals surface area contributed by atoms with E-state index in [1.807, 2.05) is 38.1 Å². The van der Waals surface area contributed by atoms with Gasteiger partial charge in [-0.25, -0.2) is 0 Å². The van der Waals surface area contributed by atoms with Crippen LogP contribution in [0.25, 0.3) is 0 Å². The lowest BCUT2D eigenvalue weighted by molar-refractivity contribution is -0.141. The number of ether oxygens (including phenoxy) is 1. The SMILES string of the molecule is CCNC(=O)[C@@H](CC)N(Cc1ccc(OC)cc1)C(=O)CCc1ccc(CC)cc1. The van der Waals surface area contributed by atoms with Crippen molar-refractivity contribution in [2.24, 2.45) is 0 Å². The molecule has 0 saturated heterocycles. The highest BCUT2D eigenvalue weighted by Crippen LogP contribution is 2.18. The van der Waals surface area contributed by atoms with Crippen molar-refractivity contribution < 1.29 is 14.3 Å². The lowest BCUT2D eigenvalue weighted by atomic mass is 10.0. The second-order valence-electron chi connectivity index (χ2n) is 7.36. The van der Waals surface area contributed by atoms with Crippen LogP contribution in [0.2, 0.25) is 0 Å². The maximum atomic E-state index is 13.2. The minimum absolute atomic E-state index is 0.0107. The lowest BCUT2D eigenvalue weighted by Crippen LogP contribution is -2.49. The van der Waals surface area contributed by atoms with Gasteiger partial charge in [0.05, 0.1) is 7.11 Å². The van der Waals surface area contributed by atoms with Gasteiger partial charge >= 0.3 is 0 Å². The van der Waals surface area contributed by atoms with Crippen LogP contribution in [0.3, 0.4) is 0 Å². The predicted molar refractivity (Wildman–Crippen MR) is 120 cm³/mol. The van der Waals surface area contributed by atoms with Crippen molar-refractivity contribution in [1.29, 1.82) is 0 Å². The summed E-state index contributed by atoms with van der Waals surface area (Å²) < 4.78 is 5.22. The van der Waals surface area contributed by atoms with Crippen molar-refractivity contribution in [2.75, 3.05) is 13.7 Å². The molecule has 1 atom stereocenters. The van der Waals surface area contributed by atoms with Gasteiger partial charge in [-0.05, 0) is 55.0 Å². The summed E-state index contributed by atoms with van der Waals surface area (Å²) in [4.78, 5) is 27.5. The quantitative estimate of drug-likeness (QED) is 0.606. The van der Waals surface area contributed by atoms with Gasteiger partial charge in [0.25, 0.3) is 0 Å². The minimum Gasteiger partial charge on any atom is -0.497 e. The van der Waals surface area contributed by atoms with E-state index < -0.39 is 6.04 Å². The summed E-state index contributed by atoms with van der Waals surface area (Å²) in [6, 6.07) is 15.5. The molecule has 0 fully saturated rings. The first-order valence-electron chi connectivity index (χ1n) is 10.8. The Morgan fingerprint density at radius 2 is 1.53 bits per heavy atom. The second-order valence-corrected chi connectivity index (χ2v) is 7.36. The smallest absolute Gasteiger partial charge is 0.242 e. The zero-order valence-electron chi connectivity index (χ0n) is 18.6. The molecule has 2 amide bonds. The number of benzene rings is 2. The summed E-state index contributed by atoms with van der Waals surface area (Å²) >= 11 is 0. The normalized spacial score (nSPS) is 11.6. The van der Waals surface area contributed by atoms with Gasteiger partial charge in [-0.1, -0.05) is 50.2 Å². The maximum Gasteiger partial charge on any atom is 0.242 e. The number of aryl methyl sites for hydroxylation is 2. The van der Waals surface area contributed by atoms with Crippen LogP contribution in [0.4, 0.5) is 0 Å². The van der Waals surface area contributed by atoms with Crippen LogP contribution >= 0.6 is 0 Å². The molecular weight excluding hydrogens is 376 g/mol. The van der Waals surface area contributed by atoms with Gasteiger partial charge in [0.15, 0.2) is 0 Å². The Bertz CT molecular complexity index is 800. The van der Waals surface area contributed by atoms with Crippen molar-refractivity contribution in [3.05, 3.63) is 65.2 Å². The summed E-state index contributed by atoms with van der Waals surface area (Å²) in [6.07, 6.45) is 2.60. The molecule has 5 nitrogen and oxygen atoms in total. The highest BCUT2D eigenvalue weighted by Gasteiger charge is 2.28. The molecule has 0 unspecified atom stereocenters. The van der Waals surface area contributed by atoms with Gasteiger partial charge in [0, 0.05) is 19.5 Å². The number of nitrogens with one attached hydrogen (secondary N) is 1. The van der Waals surface area contributed by atoms with E-state index in [4.69, 9.17) is 4.74 Å². The molecule has 2 aromatic rings. The molecule has 30 heavy (non-hydrogen) atoms. The van der Waals surface area contributed by atoms with E-state index in [0.29, 0.717) is 32.4 Å². The first kappa shape index (κ1) is 23.5. The number of rotatable bonds is 11. The predicted octanol–water partition coefficient (Wildman–Crippen LogP) is 4.13. The van der Waals surface area contributed by atoms with Crippen molar-refractivity contribution in [1.82, 2.24) is 10.2 Å². The molecule has 0 aliphatic heterocycles. The molecule has 0 spiro atoms. The molecule has 0 saturated carbocycles. The van der Waals surface area contributed by atoms with Crippen LogP contribution < -0.4 is 10.1 Å². The van der Waals surface area contributed by atoms with Crippen LogP contribution in [0.5, 0.6) is 5.75 Å². The zero-order chi connectivity index (χ0) is 21.9. The maximum absolute atomic E-state index is 13.2. The van der Waals surface area contributed by atoms with Crippen molar-refractivity contribution >= 4 is 11.8 Å². The number of amides is 2. The van der Waals surface area contributed by atoms with Crippen LogP contribution in [0.15, 0.2) is 48.5 Å². The Balaban J connectivity index is 2.16. The molecule has 0 bridgehead atoms. The van der Waals surface area contributed by atoms with Crippen LogP contribution in [0, 0.1) is 0 Å². The first-order chi connectivity index (χ1) is 14.5. The highest BCUT2D eigenvalue weighted by atomic mass is 16.5. The van der Waals surface area contributed by atoms with E-state index in [0.717, 1.165) is 23.3 Å². The fourth-order valence-corrected chi connectivity index (χ4v) is 3.48. The van der Waals surface area contributed by atoms with E-state index in [2.05, 4.69) is 36.5 Å².